The van der Waals surface area contributed by atoms with Gasteiger partial charge >= 0.3 is 0 Å². The fourth-order valence-corrected chi connectivity index (χ4v) is 4.12. The first-order valence-electron chi connectivity index (χ1n) is 5.25. The fourth-order valence-electron chi connectivity index (χ4n) is 1.98. The molecule has 2 atom stereocenters. The van der Waals surface area contributed by atoms with E-state index < -0.39 is 15.2 Å². The highest BCUT2D eigenvalue weighted by molar-refractivity contribution is 7.92. The summed E-state index contributed by atoms with van der Waals surface area (Å²) in [4.78, 5) is 0. The summed E-state index contributed by atoms with van der Waals surface area (Å²) in [5, 5.41) is -0.636. The van der Waals surface area contributed by atoms with Gasteiger partial charge in [-0.25, -0.2) is 8.42 Å². The minimum atomic E-state index is -3.07. The molecule has 1 aliphatic heterocycles. The van der Waals surface area contributed by atoms with Crippen molar-refractivity contribution in [3.05, 3.63) is 0 Å². The van der Waals surface area contributed by atoms with Gasteiger partial charge < -0.3 is 5.73 Å². The second kappa shape index (κ2) is 3.81. The van der Waals surface area contributed by atoms with Crippen LogP contribution in [0.2, 0.25) is 0 Å². The van der Waals surface area contributed by atoms with Crippen LogP contribution in [0.5, 0.6) is 0 Å². The largest absolute Gasteiger partial charge is 0.315 e. The van der Waals surface area contributed by atoms with Crippen molar-refractivity contribution in [3.63, 3.8) is 0 Å². The molecule has 0 bridgehead atoms. The van der Waals surface area contributed by atoms with Crippen molar-refractivity contribution in [1.82, 2.24) is 0 Å². The van der Waals surface area contributed by atoms with Crippen molar-refractivity contribution in [2.75, 3.05) is 5.75 Å². The van der Waals surface area contributed by atoms with Crippen molar-refractivity contribution in [3.8, 4) is 0 Å². The molecular formula is C10H21NO2S. The van der Waals surface area contributed by atoms with Crippen LogP contribution in [0, 0.1) is 11.3 Å². The molecule has 2 unspecified atom stereocenters. The van der Waals surface area contributed by atoms with E-state index in [1.807, 2.05) is 0 Å². The fraction of sp³-hybridized carbons (Fsp3) is 1.00. The lowest BCUT2D eigenvalue weighted by Crippen LogP contribution is -2.37. The second-order valence-electron chi connectivity index (χ2n) is 5.05. The minimum absolute atomic E-state index is 0.0903. The Morgan fingerprint density at radius 3 is 2.50 bits per heavy atom. The zero-order valence-electron chi connectivity index (χ0n) is 9.29. The Labute approximate surface area is 87.0 Å². The van der Waals surface area contributed by atoms with Gasteiger partial charge in [-0.05, 0) is 24.2 Å². The molecule has 0 amide bonds. The molecular weight excluding hydrogens is 198 g/mol. The number of sulfone groups is 1. The first-order chi connectivity index (χ1) is 6.28. The monoisotopic (exact) mass is 219 g/mol. The summed E-state index contributed by atoms with van der Waals surface area (Å²) >= 11 is 0. The zero-order valence-corrected chi connectivity index (χ0v) is 10.1. The molecule has 84 valence electrons. The highest BCUT2D eigenvalue weighted by atomic mass is 32.2. The van der Waals surface area contributed by atoms with Crippen LogP contribution in [0.15, 0.2) is 0 Å². The summed E-state index contributed by atoms with van der Waals surface area (Å²) < 4.78 is 23.6. The molecule has 0 aromatic rings. The van der Waals surface area contributed by atoms with Crippen molar-refractivity contribution in [1.29, 1.82) is 0 Å². The molecule has 1 saturated heterocycles. The van der Waals surface area contributed by atoms with Crippen LogP contribution in [0.3, 0.4) is 0 Å². The van der Waals surface area contributed by atoms with Crippen LogP contribution in [0.1, 0.15) is 40.0 Å². The third-order valence-electron chi connectivity index (χ3n) is 3.62. The van der Waals surface area contributed by atoms with Crippen molar-refractivity contribution in [2.24, 2.45) is 17.1 Å². The van der Waals surface area contributed by atoms with Gasteiger partial charge in [0.1, 0.15) is 5.37 Å². The van der Waals surface area contributed by atoms with E-state index in [1.165, 1.54) is 0 Å². The smallest absolute Gasteiger partial charge is 0.166 e. The van der Waals surface area contributed by atoms with E-state index in [2.05, 4.69) is 20.8 Å². The maximum absolute atomic E-state index is 11.8. The molecule has 4 heteroatoms. The molecule has 0 aromatic carbocycles. The van der Waals surface area contributed by atoms with E-state index in [1.54, 1.807) is 0 Å². The van der Waals surface area contributed by atoms with Crippen molar-refractivity contribution >= 4 is 9.84 Å². The van der Waals surface area contributed by atoms with Gasteiger partial charge in [0.05, 0.1) is 5.75 Å². The molecule has 1 aliphatic rings. The molecule has 3 nitrogen and oxygen atoms in total. The van der Waals surface area contributed by atoms with Gasteiger partial charge in [0, 0.05) is 0 Å². The van der Waals surface area contributed by atoms with Gasteiger partial charge in [-0.15, -0.1) is 0 Å². The second-order valence-corrected chi connectivity index (χ2v) is 7.27. The molecule has 0 saturated carbocycles. The summed E-state index contributed by atoms with van der Waals surface area (Å²) in [6, 6.07) is 0. The summed E-state index contributed by atoms with van der Waals surface area (Å²) in [5.74, 6) is 0.640. The van der Waals surface area contributed by atoms with Gasteiger partial charge in [-0.1, -0.05) is 27.2 Å². The maximum atomic E-state index is 11.8. The van der Waals surface area contributed by atoms with Crippen molar-refractivity contribution in [2.45, 2.75) is 45.4 Å². The predicted octanol–water partition coefficient (Wildman–Crippen LogP) is 1.53. The maximum Gasteiger partial charge on any atom is 0.166 e. The normalized spacial score (nSPS) is 38.2. The van der Waals surface area contributed by atoms with Gasteiger partial charge in [-0.3, -0.25) is 0 Å². The van der Waals surface area contributed by atoms with Crippen LogP contribution in [0.4, 0.5) is 0 Å². The van der Waals surface area contributed by atoms with Gasteiger partial charge in [0.25, 0.3) is 0 Å². The van der Waals surface area contributed by atoms with E-state index >= 15 is 0 Å². The lowest BCUT2D eigenvalue weighted by Gasteiger charge is -2.31. The highest BCUT2D eigenvalue weighted by Crippen LogP contribution is 2.37. The Kier molecular flexibility index (Phi) is 3.26. The van der Waals surface area contributed by atoms with E-state index in [-0.39, 0.29) is 11.2 Å². The Morgan fingerprint density at radius 2 is 2.00 bits per heavy atom. The van der Waals surface area contributed by atoms with E-state index in [4.69, 9.17) is 5.73 Å². The molecule has 1 rings (SSSR count). The van der Waals surface area contributed by atoms with E-state index in [9.17, 15) is 8.42 Å². The Balaban J connectivity index is 2.95. The van der Waals surface area contributed by atoms with E-state index in [0.29, 0.717) is 12.3 Å². The number of nitrogens with two attached hydrogens (primary N) is 1. The van der Waals surface area contributed by atoms with E-state index in [0.717, 1.165) is 12.8 Å². The first kappa shape index (κ1) is 12.0. The molecule has 2 N–H and O–H groups in total. The SMILES string of the molecule is CC(C)C1(C)CCCC(N)S(=O)(=O)C1. The quantitative estimate of drug-likeness (QED) is 0.727. The molecule has 1 fully saturated rings. The number of rotatable bonds is 1. The average Bonchev–Trinajstić information content (AvgIpc) is 2.11. The molecule has 0 spiro atoms. The van der Waals surface area contributed by atoms with Crippen LogP contribution in [-0.2, 0) is 9.84 Å². The predicted molar refractivity (Wildman–Crippen MR) is 58.6 cm³/mol. The average molecular weight is 219 g/mol. The molecule has 0 aromatic heterocycles. The van der Waals surface area contributed by atoms with Crippen LogP contribution < -0.4 is 5.73 Å². The van der Waals surface area contributed by atoms with Crippen molar-refractivity contribution < 1.29 is 8.42 Å². The molecule has 1 heterocycles. The third kappa shape index (κ3) is 2.28. The van der Waals surface area contributed by atoms with Crippen LogP contribution in [0.25, 0.3) is 0 Å². The van der Waals surface area contributed by atoms with Gasteiger partial charge in [0.2, 0.25) is 0 Å². The molecule has 0 radical (unpaired) electrons. The third-order valence-corrected chi connectivity index (χ3v) is 5.84. The van der Waals surface area contributed by atoms with Gasteiger partial charge in [0.15, 0.2) is 9.84 Å². The summed E-state index contributed by atoms with van der Waals surface area (Å²) in [5.41, 5.74) is 5.56. The summed E-state index contributed by atoms with van der Waals surface area (Å²) in [6.07, 6.45) is 2.51. The summed E-state index contributed by atoms with van der Waals surface area (Å²) in [6.45, 7) is 6.24. The number of hydrogen-bond donors (Lipinski definition) is 1. The Hall–Kier alpha value is -0.0900. The topological polar surface area (TPSA) is 60.2 Å². The lowest BCUT2D eigenvalue weighted by atomic mass is 9.77. The van der Waals surface area contributed by atoms with Gasteiger partial charge in [-0.2, -0.15) is 0 Å². The van der Waals surface area contributed by atoms with Crippen LogP contribution >= 0.6 is 0 Å². The summed E-state index contributed by atoms with van der Waals surface area (Å²) in [7, 11) is -3.07. The van der Waals surface area contributed by atoms with Crippen LogP contribution in [-0.4, -0.2) is 19.5 Å². The minimum Gasteiger partial charge on any atom is -0.315 e. The standard InChI is InChI=1S/C10H21NO2S/c1-8(2)10(3)6-4-5-9(11)14(12,13)7-10/h8-9H,4-7,11H2,1-3H3. The zero-order chi connectivity index (χ0) is 11.0. The number of hydrogen-bond acceptors (Lipinski definition) is 3. The first-order valence-corrected chi connectivity index (χ1v) is 6.97. The molecule has 0 aliphatic carbocycles. The Bertz CT molecular complexity index is 297. The highest BCUT2D eigenvalue weighted by Gasteiger charge is 2.38. The molecule has 14 heavy (non-hydrogen) atoms. The Morgan fingerprint density at radius 1 is 1.43 bits per heavy atom. The lowest BCUT2D eigenvalue weighted by molar-refractivity contribution is 0.230.